The van der Waals surface area contributed by atoms with Gasteiger partial charge in [-0.1, -0.05) is 34.6 Å². The number of halogens is 1. The second-order valence-corrected chi connectivity index (χ2v) is 8.47. The first-order chi connectivity index (χ1) is 16.4. The maximum Gasteiger partial charge on any atom is 0.256 e. The quantitative estimate of drug-likeness (QED) is 0.384. The minimum Gasteiger partial charge on any atom is -0.496 e. The van der Waals surface area contributed by atoms with Gasteiger partial charge in [0.25, 0.3) is 5.91 Å². The molecule has 6 nitrogen and oxygen atoms in total. The van der Waals surface area contributed by atoms with Crippen LogP contribution in [0.25, 0.3) is 17.2 Å². The van der Waals surface area contributed by atoms with Crippen LogP contribution < -0.4 is 24.3 Å². The van der Waals surface area contributed by atoms with Gasteiger partial charge in [-0.3, -0.25) is 4.79 Å². The van der Waals surface area contributed by atoms with Crippen LogP contribution in [0.15, 0.2) is 59.6 Å². The fraction of sp³-hybridized carbons (Fsp3) is 0.148. The molecule has 0 saturated carbocycles. The lowest BCUT2D eigenvalue weighted by molar-refractivity contribution is -0.110. The number of anilines is 1. The highest BCUT2D eigenvalue weighted by Gasteiger charge is 2.25. The summed E-state index contributed by atoms with van der Waals surface area (Å²) in [5, 5.41) is 2.91. The van der Waals surface area contributed by atoms with Gasteiger partial charge in [0.05, 0.1) is 34.1 Å². The lowest BCUT2D eigenvalue weighted by Crippen LogP contribution is -2.03. The number of ether oxygens (including phenoxy) is 4. The molecule has 0 bridgehead atoms. The van der Waals surface area contributed by atoms with Gasteiger partial charge in [-0.2, -0.15) is 0 Å². The van der Waals surface area contributed by atoms with Crippen molar-refractivity contribution in [2.24, 2.45) is 0 Å². The Labute approximate surface area is 206 Å². The fourth-order valence-corrected chi connectivity index (χ4v) is 4.28. The van der Waals surface area contributed by atoms with Gasteiger partial charge in [0.15, 0.2) is 11.5 Å². The van der Waals surface area contributed by atoms with Crippen LogP contribution in [0.1, 0.15) is 22.3 Å². The van der Waals surface area contributed by atoms with E-state index in [-0.39, 0.29) is 5.91 Å². The van der Waals surface area contributed by atoms with Gasteiger partial charge < -0.3 is 24.3 Å². The number of amides is 1. The summed E-state index contributed by atoms with van der Waals surface area (Å²) in [4.78, 5) is 12.7. The van der Waals surface area contributed by atoms with Crippen molar-refractivity contribution in [2.75, 3.05) is 33.8 Å². The number of hydrogen-bond acceptors (Lipinski definition) is 5. The summed E-state index contributed by atoms with van der Waals surface area (Å²) in [5.74, 6) is 2.08. The van der Waals surface area contributed by atoms with E-state index in [1.807, 2.05) is 54.6 Å². The summed E-state index contributed by atoms with van der Waals surface area (Å²) in [7, 11) is 6.31. The number of carbonyl (C=O) groups is 1. The zero-order valence-electron chi connectivity index (χ0n) is 19.3. The number of benzene rings is 3. The number of hydrogen-bond donors (Lipinski definition) is 1. The van der Waals surface area contributed by atoms with Gasteiger partial charge in [-0.15, -0.1) is 0 Å². The summed E-state index contributed by atoms with van der Waals surface area (Å²) < 4.78 is 22.9. The predicted molar refractivity (Wildman–Crippen MR) is 138 cm³/mol. The summed E-state index contributed by atoms with van der Waals surface area (Å²) in [6.45, 7) is 4.29. The summed E-state index contributed by atoms with van der Waals surface area (Å²) in [5.41, 5.74) is 5.35. The van der Waals surface area contributed by atoms with Crippen LogP contribution >= 0.6 is 15.9 Å². The molecule has 0 aromatic heterocycles. The normalized spacial score (nSPS) is 13.3. The average Bonchev–Trinajstić information content (AvgIpc) is 3.16. The van der Waals surface area contributed by atoms with Gasteiger partial charge in [-0.25, -0.2) is 0 Å². The van der Waals surface area contributed by atoms with Crippen molar-refractivity contribution in [3.8, 4) is 23.0 Å². The van der Waals surface area contributed by atoms with E-state index < -0.39 is 0 Å². The molecule has 0 atom stereocenters. The third kappa shape index (κ3) is 4.26. The minimum absolute atomic E-state index is 0.163. The van der Waals surface area contributed by atoms with E-state index in [0.29, 0.717) is 28.6 Å². The number of nitrogens with one attached hydrogen (secondary N) is 1. The molecule has 1 amide bonds. The smallest absolute Gasteiger partial charge is 0.256 e. The Bertz CT molecular complexity index is 1300. The first kappa shape index (κ1) is 23.4. The summed E-state index contributed by atoms with van der Waals surface area (Å²) in [6, 6.07) is 15.1. The van der Waals surface area contributed by atoms with Gasteiger partial charge in [0.2, 0.25) is 5.75 Å². The van der Waals surface area contributed by atoms with Gasteiger partial charge in [-0.05, 0) is 59.2 Å². The molecular weight excluding hydrogens is 498 g/mol. The Morgan fingerprint density at radius 2 is 1.53 bits per heavy atom. The van der Waals surface area contributed by atoms with E-state index in [1.165, 1.54) is 0 Å². The number of fused-ring (bicyclic) bond motifs is 1. The molecule has 0 aliphatic carbocycles. The van der Waals surface area contributed by atoms with Crippen LogP contribution in [-0.4, -0.2) is 34.3 Å². The van der Waals surface area contributed by atoms with Crippen LogP contribution in [0.4, 0.5) is 5.69 Å². The lowest BCUT2D eigenvalue weighted by Gasteiger charge is -2.16. The van der Waals surface area contributed by atoms with Crippen LogP contribution in [0.5, 0.6) is 23.0 Å². The van der Waals surface area contributed by atoms with Crippen molar-refractivity contribution in [1.82, 2.24) is 0 Å². The number of carbonyl (C=O) groups excluding carboxylic acids is 1. The first-order valence-electron chi connectivity index (χ1n) is 10.4. The summed E-state index contributed by atoms with van der Waals surface area (Å²) in [6.07, 6.45) is 1.83. The van der Waals surface area contributed by atoms with Gasteiger partial charge in [0.1, 0.15) is 5.75 Å². The highest BCUT2D eigenvalue weighted by molar-refractivity contribution is 9.10. The molecule has 174 valence electrons. The molecule has 0 saturated heterocycles. The van der Waals surface area contributed by atoms with E-state index in [1.54, 1.807) is 28.4 Å². The van der Waals surface area contributed by atoms with E-state index >= 15 is 0 Å². The van der Waals surface area contributed by atoms with Crippen molar-refractivity contribution >= 4 is 44.7 Å². The topological polar surface area (TPSA) is 66.0 Å². The lowest BCUT2D eigenvalue weighted by atomic mass is 9.95. The highest BCUT2D eigenvalue weighted by atomic mass is 79.9. The Morgan fingerprint density at radius 1 is 0.853 bits per heavy atom. The molecular formula is C27H24BrNO5. The van der Waals surface area contributed by atoms with E-state index in [4.69, 9.17) is 18.9 Å². The van der Waals surface area contributed by atoms with Crippen LogP contribution in [0.3, 0.4) is 0 Å². The number of rotatable bonds is 7. The molecule has 0 unspecified atom stereocenters. The van der Waals surface area contributed by atoms with E-state index in [0.717, 1.165) is 38.0 Å². The molecule has 0 spiro atoms. The Balaban J connectivity index is 1.78. The monoisotopic (exact) mass is 521 g/mol. The third-order valence-electron chi connectivity index (χ3n) is 5.66. The number of methoxy groups -OCH3 is 4. The molecule has 1 aliphatic heterocycles. The van der Waals surface area contributed by atoms with Crippen molar-refractivity contribution in [1.29, 1.82) is 0 Å². The fourth-order valence-electron chi connectivity index (χ4n) is 3.92. The molecule has 1 aliphatic rings. The largest absolute Gasteiger partial charge is 0.496 e. The second kappa shape index (κ2) is 9.65. The molecule has 34 heavy (non-hydrogen) atoms. The van der Waals surface area contributed by atoms with Crippen molar-refractivity contribution < 1.29 is 23.7 Å². The first-order valence-corrected chi connectivity index (χ1v) is 11.2. The Kier molecular flexibility index (Phi) is 6.65. The molecule has 4 rings (SSSR count). The minimum atomic E-state index is -0.163. The molecule has 0 radical (unpaired) electrons. The molecule has 1 N–H and O–H groups in total. The second-order valence-electron chi connectivity index (χ2n) is 7.55. The molecule has 3 aromatic rings. The Morgan fingerprint density at radius 3 is 2.15 bits per heavy atom. The standard InChI is InChI=1S/C27H24BrNO5/c1-15(17-12-24(32-3)26(34-5)25(13-17)33-4)16-6-9-23(31-2)18(10-16)11-21-20-8-7-19(28)14-22(20)29-27(21)30/h6-14H,1H2,2-5H3,(H,29,30)/b21-11+. The third-order valence-corrected chi connectivity index (χ3v) is 6.15. The Hall–Kier alpha value is -3.71. The predicted octanol–water partition coefficient (Wildman–Crippen LogP) is 6.04. The van der Waals surface area contributed by atoms with Crippen molar-refractivity contribution in [3.05, 3.63) is 81.8 Å². The van der Waals surface area contributed by atoms with Gasteiger partial charge >= 0.3 is 0 Å². The van der Waals surface area contributed by atoms with Gasteiger partial charge in [0, 0.05) is 21.2 Å². The molecule has 1 heterocycles. The van der Waals surface area contributed by atoms with Crippen LogP contribution in [0.2, 0.25) is 0 Å². The summed E-state index contributed by atoms with van der Waals surface area (Å²) >= 11 is 3.45. The SMILES string of the molecule is C=C(c1ccc(OC)c(/C=C2/C(=O)Nc3cc(Br)ccc32)c1)c1cc(OC)c(OC)c(OC)c1. The van der Waals surface area contributed by atoms with Crippen LogP contribution in [0, 0.1) is 0 Å². The average molecular weight is 522 g/mol. The molecule has 3 aromatic carbocycles. The zero-order valence-corrected chi connectivity index (χ0v) is 20.9. The maximum absolute atomic E-state index is 12.7. The van der Waals surface area contributed by atoms with E-state index in [2.05, 4.69) is 27.8 Å². The maximum atomic E-state index is 12.7. The zero-order chi connectivity index (χ0) is 24.4. The van der Waals surface area contributed by atoms with Crippen LogP contribution in [-0.2, 0) is 4.79 Å². The van der Waals surface area contributed by atoms with Crippen molar-refractivity contribution in [3.63, 3.8) is 0 Å². The molecule has 0 fully saturated rings. The van der Waals surface area contributed by atoms with Crippen molar-refractivity contribution in [2.45, 2.75) is 0 Å². The molecule has 7 heteroatoms. The van der Waals surface area contributed by atoms with E-state index in [9.17, 15) is 4.79 Å². The highest BCUT2D eigenvalue weighted by Crippen LogP contribution is 2.41.